The molecule has 1 fully saturated rings. The zero-order valence-electron chi connectivity index (χ0n) is 18.8. The molecule has 1 aliphatic heterocycles. The van der Waals surface area contributed by atoms with Gasteiger partial charge in [0.25, 0.3) is 0 Å². The van der Waals surface area contributed by atoms with Gasteiger partial charge in [-0.2, -0.15) is 4.31 Å². The van der Waals surface area contributed by atoms with Crippen molar-refractivity contribution >= 4 is 15.9 Å². The first-order valence-corrected chi connectivity index (χ1v) is 12.5. The van der Waals surface area contributed by atoms with E-state index >= 15 is 0 Å². The predicted octanol–water partition coefficient (Wildman–Crippen LogP) is 3.12. The van der Waals surface area contributed by atoms with Gasteiger partial charge in [-0.1, -0.05) is 48.0 Å². The molecule has 1 saturated heterocycles. The predicted molar refractivity (Wildman–Crippen MR) is 126 cm³/mol. The first kappa shape index (κ1) is 23.2. The van der Waals surface area contributed by atoms with Crippen LogP contribution in [0.25, 0.3) is 0 Å². The van der Waals surface area contributed by atoms with Gasteiger partial charge in [0.2, 0.25) is 15.9 Å². The lowest BCUT2D eigenvalue weighted by molar-refractivity contribution is -0.134. The zero-order chi connectivity index (χ0) is 23.3. The Balaban J connectivity index is 1.37. The third-order valence-electron chi connectivity index (χ3n) is 5.84. The van der Waals surface area contributed by atoms with E-state index in [9.17, 15) is 13.2 Å². The van der Waals surface area contributed by atoms with Crippen LogP contribution < -0.4 is 0 Å². The van der Waals surface area contributed by atoms with E-state index in [1.807, 2.05) is 66.4 Å². The fraction of sp³-hybridized carbons (Fsp3) is 0.320. The van der Waals surface area contributed by atoms with Crippen molar-refractivity contribution in [2.75, 3.05) is 32.7 Å². The Bertz CT molecular complexity index is 1140. The maximum Gasteiger partial charge on any atom is 0.243 e. The minimum Gasteiger partial charge on any atom is -0.467 e. The van der Waals surface area contributed by atoms with Crippen LogP contribution in [-0.4, -0.2) is 61.2 Å². The molecule has 7 nitrogen and oxygen atoms in total. The number of sulfonamides is 1. The topological polar surface area (TPSA) is 74.1 Å². The van der Waals surface area contributed by atoms with Crippen LogP contribution in [0.1, 0.15) is 16.9 Å². The van der Waals surface area contributed by atoms with E-state index in [-0.39, 0.29) is 12.5 Å². The Hall–Kier alpha value is -2.94. The summed E-state index contributed by atoms with van der Waals surface area (Å²) in [6.07, 6.45) is 1.61. The average molecular weight is 468 g/mol. The van der Waals surface area contributed by atoms with Crippen LogP contribution in [0.4, 0.5) is 0 Å². The van der Waals surface area contributed by atoms with Crippen molar-refractivity contribution in [1.29, 1.82) is 0 Å². The summed E-state index contributed by atoms with van der Waals surface area (Å²) in [4.78, 5) is 17.3. The van der Waals surface area contributed by atoms with Gasteiger partial charge in [0.1, 0.15) is 5.76 Å². The summed E-state index contributed by atoms with van der Waals surface area (Å²) < 4.78 is 32.8. The number of rotatable bonds is 8. The average Bonchev–Trinajstić information content (AvgIpc) is 3.33. The molecular formula is C25H29N3O4S. The van der Waals surface area contributed by atoms with Gasteiger partial charge in [0, 0.05) is 32.7 Å². The molecule has 174 valence electrons. The third-order valence-corrected chi connectivity index (χ3v) is 7.76. The zero-order valence-corrected chi connectivity index (χ0v) is 19.6. The third kappa shape index (κ3) is 5.90. The number of nitrogens with zero attached hydrogens (tertiary/aromatic N) is 3. The van der Waals surface area contributed by atoms with Crippen LogP contribution in [-0.2, 0) is 27.9 Å². The molecule has 0 bridgehead atoms. The van der Waals surface area contributed by atoms with Crippen LogP contribution >= 0.6 is 0 Å². The monoisotopic (exact) mass is 467 g/mol. The lowest BCUT2D eigenvalue weighted by Crippen LogP contribution is -2.51. The number of carbonyl (C=O) groups is 1. The second kappa shape index (κ2) is 10.3. The van der Waals surface area contributed by atoms with Crippen molar-refractivity contribution in [3.05, 3.63) is 89.9 Å². The van der Waals surface area contributed by atoms with E-state index in [0.717, 1.165) is 16.9 Å². The van der Waals surface area contributed by atoms with Crippen LogP contribution in [0.15, 0.2) is 82.3 Å². The number of carbonyl (C=O) groups excluding carboxylic acids is 1. The number of aryl methyl sites for hydroxylation is 1. The van der Waals surface area contributed by atoms with Crippen molar-refractivity contribution in [1.82, 2.24) is 14.1 Å². The minimum absolute atomic E-state index is 0.00917. The molecule has 2 heterocycles. The van der Waals surface area contributed by atoms with Crippen molar-refractivity contribution < 1.29 is 17.6 Å². The second-order valence-electron chi connectivity index (χ2n) is 8.31. The van der Waals surface area contributed by atoms with E-state index in [1.165, 1.54) is 4.31 Å². The molecule has 33 heavy (non-hydrogen) atoms. The van der Waals surface area contributed by atoms with Crippen molar-refractivity contribution in [3.8, 4) is 0 Å². The van der Waals surface area contributed by atoms with Crippen LogP contribution in [0.3, 0.4) is 0 Å². The smallest absolute Gasteiger partial charge is 0.243 e. The molecule has 0 unspecified atom stereocenters. The SMILES string of the molecule is Cc1ccc(S(=O)(=O)N2CCN(CC(=O)N(Cc3ccccc3)Cc3ccco3)CC2)cc1. The van der Waals surface area contributed by atoms with E-state index in [0.29, 0.717) is 44.2 Å². The summed E-state index contributed by atoms with van der Waals surface area (Å²) >= 11 is 0. The molecule has 0 radical (unpaired) electrons. The summed E-state index contributed by atoms with van der Waals surface area (Å²) in [7, 11) is -3.52. The fourth-order valence-electron chi connectivity index (χ4n) is 3.91. The highest BCUT2D eigenvalue weighted by atomic mass is 32.2. The molecule has 0 N–H and O–H groups in total. The van der Waals surface area contributed by atoms with E-state index in [2.05, 4.69) is 0 Å². The molecule has 3 aromatic rings. The van der Waals surface area contributed by atoms with Gasteiger partial charge in [0.05, 0.1) is 24.2 Å². The standard InChI is InChI=1S/C25H29N3O4S/c1-21-9-11-24(12-10-21)33(30,31)28-15-13-26(14-16-28)20-25(29)27(19-23-8-5-17-32-23)18-22-6-3-2-4-7-22/h2-12,17H,13-16,18-20H2,1H3. The number of hydrogen-bond acceptors (Lipinski definition) is 5. The minimum atomic E-state index is -3.52. The number of hydrogen-bond donors (Lipinski definition) is 0. The quantitative estimate of drug-likeness (QED) is 0.509. The maximum atomic E-state index is 13.2. The highest BCUT2D eigenvalue weighted by Gasteiger charge is 2.29. The molecule has 0 atom stereocenters. The molecule has 0 saturated carbocycles. The first-order valence-electron chi connectivity index (χ1n) is 11.0. The van der Waals surface area contributed by atoms with Crippen molar-refractivity contribution in [3.63, 3.8) is 0 Å². The van der Waals surface area contributed by atoms with E-state index < -0.39 is 10.0 Å². The van der Waals surface area contributed by atoms with Gasteiger partial charge in [-0.3, -0.25) is 9.69 Å². The van der Waals surface area contributed by atoms with Crippen molar-refractivity contribution in [2.24, 2.45) is 0 Å². The largest absolute Gasteiger partial charge is 0.467 e. The van der Waals surface area contributed by atoms with Gasteiger partial charge in [0.15, 0.2) is 0 Å². The lowest BCUT2D eigenvalue weighted by Gasteiger charge is -2.34. The van der Waals surface area contributed by atoms with Gasteiger partial charge < -0.3 is 9.32 Å². The number of amides is 1. The second-order valence-corrected chi connectivity index (χ2v) is 10.2. The molecular weight excluding hydrogens is 438 g/mol. The van der Waals surface area contributed by atoms with Crippen LogP contribution in [0.2, 0.25) is 0 Å². The summed E-state index contributed by atoms with van der Waals surface area (Å²) in [5, 5.41) is 0. The first-order chi connectivity index (χ1) is 15.9. The van der Waals surface area contributed by atoms with Gasteiger partial charge in [-0.25, -0.2) is 8.42 Å². The summed E-state index contributed by atoms with van der Waals surface area (Å²) in [5.41, 5.74) is 2.07. The summed E-state index contributed by atoms with van der Waals surface area (Å²) in [5.74, 6) is 0.721. The molecule has 0 spiro atoms. The number of benzene rings is 2. The summed E-state index contributed by atoms with van der Waals surface area (Å²) in [6, 6.07) is 20.4. The van der Waals surface area contributed by atoms with Gasteiger partial charge >= 0.3 is 0 Å². The van der Waals surface area contributed by atoms with Gasteiger partial charge in [-0.05, 0) is 36.8 Å². The Labute approximate surface area is 195 Å². The molecule has 1 amide bonds. The van der Waals surface area contributed by atoms with Crippen LogP contribution in [0, 0.1) is 6.92 Å². The van der Waals surface area contributed by atoms with Crippen LogP contribution in [0.5, 0.6) is 0 Å². The Morgan fingerprint density at radius 2 is 1.61 bits per heavy atom. The molecule has 4 rings (SSSR count). The molecule has 0 aliphatic carbocycles. The number of furan rings is 1. The molecule has 8 heteroatoms. The highest BCUT2D eigenvalue weighted by Crippen LogP contribution is 2.19. The molecule has 1 aliphatic rings. The Morgan fingerprint density at radius 3 is 2.24 bits per heavy atom. The Kier molecular flexibility index (Phi) is 7.27. The van der Waals surface area contributed by atoms with Gasteiger partial charge in [-0.15, -0.1) is 0 Å². The van der Waals surface area contributed by atoms with E-state index in [4.69, 9.17) is 4.42 Å². The van der Waals surface area contributed by atoms with Crippen molar-refractivity contribution in [2.45, 2.75) is 24.9 Å². The highest BCUT2D eigenvalue weighted by molar-refractivity contribution is 7.89. The molecule has 2 aromatic carbocycles. The molecule has 1 aromatic heterocycles. The maximum absolute atomic E-state index is 13.2. The summed E-state index contributed by atoms with van der Waals surface area (Å²) in [6.45, 7) is 4.80. The fourth-order valence-corrected chi connectivity index (χ4v) is 5.33. The van der Waals surface area contributed by atoms with E-state index in [1.54, 1.807) is 23.3 Å². The number of piperazine rings is 1. The lowest BCUT2D eigenvalue weighted by atomic mass is 10.2. The Morgan fingerprint density at radius 1 is 0.909 bits per heavy atom. The normalized spacial score (nSPS) is 15.4.